The van der Waals surface area contributed by atoms with Gasteiger partial charge in [0.1, 0.15) is 0 Å². The highest BCUT2D eigenvalue weighted by Gasteiger charge is 2.25. The molecule has 0 radical (unpaired) electrons. The minimum Gasteiger partial charge on any atom is -0.320 e. The molecule has 0 spiro atoms. The van der Waals surface area contributed by atoms with Gasteiger partial charge >= 0.3 is 0 Å². The van der Waals surface area contributed by atoms with Crippen LogP contribution in [0.2, 0.25) is 0 Å². The van der Waals surface area contributed by atoms with Gasteiger partial charge in [-0.1, -0.05) is 24.0 Å². The Hall–Kier alpha value is -1.39. The fourth-order valence-corrected chi connectivity index (χ4v) is 2.82. The molecule has 1 aromatic rings. The molecule has 0 amide bonds. The summed E-state index contributed by atoms with van der Waals surface area (Å²) < 4.78 is 27.6. The van der Waals surface area contributed by atoms with Crippen molar-refractivity contribution in [2.45, 2.75) is 24.3 Å². The molecule has 116 valence electrons. The van der Waals surface area contributed by atoms with E-state index in [-0.39, 0.29) is 17.0 Å². The van der Waals surface area contributed by atoms with Crippen LogP contribution in [0, 0.1) is 11.8 Å². The van der Waals surface area contributed by atoms with Crippen molar-refractivity contribution in [3.63, 3.8) is 0 Å². The molecule has 0 aromatic heterocycles. The predicted molar refractivity (Wildman–Crippen MR) is 85.3 cm³/mol. The zero-order valence-electron chi connectivity index (χ0n) is 13.0. The molecule has 21 heavy (non-hydrogen) atoms. The van der Waals surface area contributed by atoms with E-state index in [1.165, 1.54) is 0 Å². The Bertz CT molecular complexity index is 640. The molecule has 0 aliphatic carbocycles. The lowest BCUT2D eigenvalue weighted by molar-refractivity contribution is 0.199. The first-order valence-electron chi connectivity index (χ1n) is 6.66. The molecule has 6 heteroatoms. The number of nitrogens with zero attached hydrogens (tertiary/aromatic N) is 1. The molecule has 0 aliphatic heterocycles. The van der Waals surface area contributed by atoms with Gasteiger partial charge in [-0.2, -0.15) is 0 Å². The van der Waals surface area contributed by atoms with E-state index >= 15 is 0 Å². The summed E-state index contributed by atoms with van der Waals surface area (Å²) >= 11 is 0. The van der Waals surface area contributed by atoms with E-state index in [9.17, 15) is 8.42 Å². The average molecular weight is 309 g/mol. The van der Waals surface area contributed by atoms with Gasteiger partial charge in [0.15, 0.2) is 0 Å². The highest BCUT2D eigenvalue weighted by Crippen LogP contribution is 2.16. The van der Waals surface area contributed by atoms with Gasteiger partial charge in [0.25, 0.3) is 0 Å². The highest BCUT2D eigenvalue weighted by atomic mass is 32.2. The van der Waals surface area contributed by atoms with E-state index < -0.39 is 10.0 Å². The van der Waals surface area contributed by atoms with Crippen LogP contribution in [0.15, 0.2) is 29.2 Å². The smallest absolute Gasteiger partial charge is 0.241 e. The Balaban J connectivity index is 3.04. The number of nitrogens with one attached hydrogen (secondary N) is 1. The third-order valence-electron chi connectivity index (χ3n) is 3.41. The summed E-state index contributed by atoms with van der Waals surface area (Å²) in [6, 6.07) is 6.66. The van der Waals surface area contributed by atoms with Crippen LogP contribution in [0.3, 0.4) is 0 Å². The van der Waals surface area contributed by atoms with Crippen LogP contribution in [0.25, 0.3) is 0 Å². The Labute approximate surface area is 127 Å². The first-order valence-corrected chi connectivity index (χ1v) is 8.14. The van der Waals surface area contributed by atoms with Gasteiger partial charge < -0.3 is 10.6 Å². The molecule has 0 saturated heterocycles. The number of likely N-dealkylation sites (N-methyl/N-ethyl adjacent to an activating group) is 1. The number of sulfonamides is 1. The van der Waals surface area contributed by atoms with Crippen LogP contribution < -0.4 is 10.5 Å². The zero-order valence-corrected chi connectivity index (χ0v) is 13.8. The lowest BCUT2D eigenvalue weighted by atomic mass is 10.1. The Morgan fingerprint density at radius 1 is 1.29 bits per heavy atom. The largest absolute Gasteiger partial charge is 0.320 e. The van der Waals surface area contributed by atoms with Crippen molar-refractivity contribution >= 4 is 10.0 Å². The minimum absolute atomic E-state index is 0.181. The first-order chi connectivity index (χ1) is 9.70. The third-order valence-corrected chi connectivity index (χ3v) is 4.87. The summed E-state index contributed by atoms with van der Waals surface area (Å²) in [5.74, 6) is 5.48. The quantitative estimate of drug-likeness (QED) is 0.782. The molecule has 1 rings (SSSR count). The first kappa shape index (κ1) is 17.7. The van der Waals surface area contributed by atoms with Crippen molar-refractivity contribution < 1.29 is 8.42 Å². The van der Waals surface area contributed by atoms with E-state index in [1.54, 1.807) is 24.3 Å². The lowest BCUT2D eigenvalue weighted by Crippen LogP contribution is -2.48. The third kappa shape index (κ3) is 4.83. The molecular formula is C15H23N3O2S. The maximum absolute atomic E-state index is 12.5. The number of nitrogens with two attached hydrogens (primary N) is 1. The Morgan fingerprint density at radius 2 is 1.90 bits per heavy atom. The molecule has 1 aromatic carbocycles. The van der Waals surface area contributed by atoms with Crippen LogP contribution >= 0.6 is 0 Å². The van der Waals surface area contributed by atoms with Crippen LogP contribution in [-0.4, -0.2) is 46.0 Å². The minimum atomic E-state index is -3.61. The fourth-order valence-electron chi connectivity index (χ4n) is 1.46. The van der Waals surface area contributed by atoms with Crippen LogP contribution in [0.5, 0.6) is 0 Å². The second-order valence-electron chi connectivity index (χ2n) is 5.53. The fraction of sp³-hybridized carbons (Fsp3) is 0.467. The summed E-state index contributed by atoms with van der Waals surface area (Å²) in [6.45, 7) is 4.43. The van der Waals surface area contributed by atoms with Gasteiger partial charge in [0, 0.05) is 17.6 Å². The lowest BCUT2D eigenvalue weighted by Gasteiger charge is -2.32. The van der Waals surface area contributed by atoms with Crippen LogP contribution in [0.4, 0.5) is 0 Å². The van der Waals surface area contributed by atoms with Gasteiger partial charge in [0.05, 0.1) is 11.4 Å². The van der Waals surface area contributed by atoms with Crippen LogP contribution in [-0.2, 0) is 10.0 Å². The van der Waals surface area contributed by atoms with Gasteiger partial charge in [-0.15, -0.1) is 0 Å². The SMILES string of the molecule is CN(C)C(C)(C)CNS(=O)(=O)c1ccccc1C#CCN. The second kappa shape index (κ2) is 7.05. The van der Waals surface area contributed by atoms with Crippen molar-refractivity contribution in [1.82, 2.24) is 9.62 Å². The van der Waals surface area contributed by atoms with Gasteiger partial charge in [-0.3, -0.25) is 0 Å². The van der Waals surface area contributed by atoms with Crippen molar-refractivity contribution in [1.29, 1.82) is 0 Å². The number of rotatable bonds is 5. The summed E-state index contributed by atoms with van der Waals surface area (Å²) in [7, 11) is 0.215. The predicted octanol–water partition coefficient (Wildman–Crippen LogP) is 0.615. The second-order valence-corrected chi connectivity index (χ2v) is 7.27. The van der Waals surface area contributed by atoms with Crippen LogP contribution in [0.1, 0.15) is 19.4 Å². The van der Waals surface area contributed by atoms with Gasteiger partial charge in [-0.05, 0) is 40.1 Å². The molecule has 3 N–H and O–H groups in total. The number of hydrogen-bond donors (Lipinski definition) is 2. The molecule has 0 fully saturated rings. The van der Waals surface area contributed by atoms with E-state index in [1.807, 2.05) is 32.8 Å². The molecule has 0 unspecified atom stereocenters. The van der Waals surface area contributed by atoms with Gasteiger partial charge in [0.2, 0.25) is 10.0 Å². The van der Waals surface area contributed by atoms with Gasteiger partial charge in [-0.25, -0.2) is 13.1 Å². The molecule has 0 heterocycles. The van der Waals surface area contributed by atoms with Crippen molar-refractivity contribution in [3.05, 3.63) is 29.8 Å². The summed E-state index contributed by atoms with van der Waals surface area (Å²) in [4.78, 5) is 2.15. The molecule has 0 saturated carbocycles. The Kier molecular flexibility index (Phi) is 5.93. The molecule has 0 atom stereocenters. The summed E-state index contributed by atoms with van der Waals surface area (Å²) in [5.41, 5.74) is 5.51. The Morgan fingerprint density at radius 3 is 2.48 bits per heavy atom. The molecule has 0 bridgehead atoms. The monoisotopic (exact) mass is 309 g/mol. The van der Waals surface area contributed by atoms with E-state index in [0.29, 0.717) is 12.1 Å². The molecule has 5 nitrogen and oxygen atoms in total. The van der Waals surface area contributed by atoms with E-state index in [0.717, 1.165) is 0 Å². The molecular weight excluding hydrogens is 286 g/mol. The van der Waals surface area contributed by atoms with Crippen molar-refractivity contribution in [2.24, 2.45) is 5.73 Å². The maximum atomic E-state index is 12.5. The van der Waals surface area contributed by atoms with Crippen molar-refractivity contribution in [3.8, 4) is 11.8 Å². The molecule has 0 aliphatic rings. The number of benzene rings is 1. The summed E-state index contributed by atoms with van der Waals surface area (Å²) in [5, 5.41) is 0. The van der Waals surface area contributed by atoms with E-state index in [4.69, 9.17) is 5.73 Å². The topological polar surface area (TPSA) is 75.4 Å². The normalized spacial score (nSPS) is 12.1. The standard InChI is InChI=1S/C15H23N3O2S/c1-15(2,18(3)4)12-17-21(19,20)14-10-6-5-8-13(14)9-7-11-16/h5-6,8,10,17H,11-12,16H2,1-4H3. The maximum Gasteiger partial charge on any atom is 0.241 e. The number of hydrogen-bond acceptors (Lipinski definition) is 4. The average Bonchev–Trinajstić information content (AvgIpc) is 2.43. The van der Waals surface area contributed by atoms with Crippen molar-refractivity contribution in [2.75, 3.05) is 27.2 Å². The summed E-state index contributed by atoms with van der Waals surface area (Å²) in [6.07, 6.45) is 0. The van der Waals surface area contributed by atoms with E-state index in [2.05, 4.69) is 16.6 Å². The zero-order chi connectivity index (χ0) is 16.1. The highest BCUT2D eigenvalue weighted by molar-refractivity contribution is 7.89.